The van der Waals surface area contributed by atoms with Crippen LogP contribution in [0.1, 0.15) is 50.5 Å². The van der Waals surface area contributed by atoms with Crippen molar-refractivity contribution in [3.8, 4) is 17.3 Å². The number of anilines is 2. The summed E-state index contributed by atoms with van der Waals surface area (Å²) >= 11 is 0. The van der Waals surface area contributed by atoms with Crippen molar-refractivity contribution in [2.45, 2.75) is 68.2 Å². The van der Waals surface area contributed by atoms with E-state index in [2.05, 4.69) is 31.7 Å². The molecule has 2 aromatic heterocycles. The molecule has 0 unspecified atom stereocenters. The highest BCUT2D eigenvalue weighted by atomic mass is 19.4. The lowest BCUT2D eigenvalue weighted by Crippen LogP contribution is -2.63. The predicted octanol–water partition coefficient (Wildman–Crippen LogP) is 5.48. The molecule has 0 aliphatic carbocycles. The summed E-state index contributed by atoms with van der Waals surface area (Å²) < 4.78 is 86.2. The monoisotopic (exact) mass is 671 g/mol. The van der Waals surface area contributed by atoms with E-state index >= 15 is 8.78 Å². The topological polar surface area (TPSA) is 102 Å². The van der Waals surface area contributed by atoms with E-state index in [0.29, 0.717) is 44.1 Å². The van der Waals surface area contributed by atoms with Crippen LogP contribution in [0.25, 0.3) is 22.2 Å². The fourth-order valence-electron chi connectivity index (χ4n) is 8.99. The van der Waals surface area contributed by atoms with E-state index in [4.69, 9.17) is 20.2 Å². The molecule has 1 aromatic carbocycles. The molecular formula is C34H38F5N7O2. The van der Waals surface area contributed by atoms with Crippen LogP contribution in [0, 0.1) is 17.6 Å². The predicted molar refractivity (Wildman–Crippen MR) is 170 cm³/mol. The first-order chi connectivity index (χ1) is 23.0. The number of piperazine rings is 1. The Kier molecular flexibility index (Phi) is 7.57. The van der Waals surface area contributed by atoms with Gasteiger partial charge < -0.3 is 25.4 Å². The Morgan fingerprint density at radius 3 is 2.71 bits per heavy atom. The molecule has 14 heteroatoms. The van der Waals surface area contributed by atoms with E-state index in [1.54, 1.807) is 0 Å². The number of nitrogens with one attached hydrogen (secondary N) is 1. The van der Waals surface area contributed by atoms with Crippen LogP contribution in [0.3, 0.4) is 0 Å². The number of hydrogen-bond donors (Lipinski definition) is 2. The van der Waals surface area contributed by atoms with Gasteiger partial charge in [-0.05, 0) is 69.5 Å². The molecule has 5 aliphatic rings. The van der Waals surface area contributed by atoms with Crippen molar-refractivity contribution in [1.82, 2.24) is 25.2 Å². The Morgan fingerprint density at radius 1 is 1.10 bits per heavy atom. The molecule has 5 aliphatic heterocycles. The zero-order valence-corrected chi connectivity index (χ0v) is 26.5. The molecule has 5 saturated heterocycles. The highest BCUT2D eigenvalue weighted by Gasteiger charge is 2.50. The first kappa shape index (κ1) is 31.6. The van der Waals surface area contributed by atoms with E-state index in [1.807, 2.05) is 0 Å². The van der Waals surface area contributed by atoms with Crippen LogP contribution < -0.4 is 20.7 Å². The Hall–Kier alpha value is -3.62. The smallest absolute Gasteiger partial charge is 0.417 e. The second-order valence-corrected chi connectivity index (χ2v) is 14.2. The highest BCUT2D eigenvalue weighted by Crippen LogP contribution is 2.45. The minimum atomic E-state index is -4.99. The highest BCUT2D eigenvalue weighted by molar-refractivity contribution is 5.92. The zero-order chi connectivity index (χ0) is 33.4. The fraction of sp³-hybridized carbons (Fsp3) is 0.559. The van der Waals surface area contributed by atoms with E-state index in [0.717, 1.165) is 69.7 Å². The average Bonchev–Trinajstić information content (AvgIpc) is 3.70. The maximum absolute atomic E-state index is 16.7. The number of nitrogen functional groups attached to an aromatic ring is 1. The first-order valence-corrected chi connectivity index (χ1v) is 16.6. The minimum Gasteiger partial charge on any atom is -0.461 e. The maximum atomic E-state index is 16.7. The molecule has 0 saturated carbocycles. The van der Waals surface area contributed by atoms with Gasteiger partial charge in [0, 0.05) is 50.6 Å². The van der Waals surface area contributed by atoms with Crippen molar-refractivity contribution in [1.29, 1.82) is 0 Å². The molecule has 3 N–H and O–H groups in total. The Balaban J connectivity index is 1.25. The summed E-state index contributed by atoms with van der Waals surface area (Å²) in [6.07, 6.45) is 2.69. The van der Waals surface area contributed by atoms with Gasteiger partial charge >= 0.3 is 12.2 Å². The van der Waals surface area contributed by atoms with E-state index in [1.165, 1.54) is 6.20 Å². The van der Waals surface area contributed by atoms with Gasteiger partial charge in [-0.2, -0.15) is 23.1 Å². The summed E-state index contributed by atoms with van der Waals surface area (Å²) in [4.78, 5) is 17.8. The molecule has 256 valence electrons. The summed E-state index contributed by atoms with van der Waals surface area (Å²) in [5.41, 5.74) is 2.18. The Bertz CT molecular complexity index is 1780. The molecule has 0 amide bonds. The third kappa shape index (κ3) is 5.18. The van der Waals surface area contributed by atoms with Gasteiger partial charge in [-0.1, -0.05) is 12.2 Å². The molecule has 48 heavy (non-hydrogen) atoms. The summed E-state index contributed by atoms with van der Waals surface area (Å²) in [6, 6.07) is 1.51. The van der Waals surface area contributed by atoms with Crippen molar-refractivity contribution in [3.63, 3.8) is 0 Å². The third-order valence-electron chi connectivity index (χ3n) is 11.2. The first-order valence-electron chi connectivity index (χ1n) is 16.6. The number of benzene rings is 1. The summed E-state index contributed by atoms with van der Waals surface area (Å²) in [6.45, 7) is 8.67. The van der Waals surface area contributed by atoms with Crippen molar-refractivity contribution in [2.75, 3.05) is 56.6 Å². The number of pyridine rings is 1. The number of nitrogens with two attached hydrogens (primary N) is 1. The van der Waals surface area contributed by atoms with Crippen LogP contribution in [-0.4, -0.2) is 83.0 Å². The number of rotatable bonds is 6. The lowest BCUT2D eigenvalue weighted by molar-refractivity contribution is -0.137. The van der Waals surface area contributed by atoms with Crippen LogP contribution in [0.2, 0.25) is 0 Å². The molecule has 0 spiro atoms. The SMILES string of the molecule is C=C1CN2CCC[C@@]2(COc2nc(N3C[C@@H]4CC[C@](C5CCOCC5)(C3)N4)c3cnc(-c4c(C(F)(F)F)ccc(N)c4F)c(F)c3n2)C1. The lowest BCUT2D eigenvalue weighted by Gasteiger charge is -2.47. The van der Waals surface area contributed by atoms with Crippen LogP contribution >= 0.6 is 0 Å². The van der Waals surface area contributed by atoms with Gasteiger partial charge in [-0.3, -0.25) is 9.88 Å². The molecule has 9 nitrogen and oxygen atoms in total. The van der Waals surface area contributed by atoms with Gasteiger partial charge in [0.15, 0.2) is 11.6 Å². The minimum absolute atomic E-state index is 0.0950. The number of ether oxygens (including phenoxy) is 2. The normalized spacial score (nSPS) is 28.1. The molecule has 5 fully saturated rings. The van der Waals surface area contributed by atoms with Gasteiger partial charge in [-0.15, -0.1) is 0 Å². The number of nitrogens with zero attached hydrogens (tertiary/aromatic N) is 5. The van der Waals surface area contributed by atoms with Gasteiger partial charge in [0.1, 0.15) is 23.6 Å². The van der Waals surface area contributed by atoms with Crippen molar-refractivity contribution < 1.29 is 31.4 Å². The molecule has 0 radical (unpaired) electrons. The fourth-order valence-corrected chi connectivity index (χ4v) is 8.99. The van der Waals surface area contributed by atoms with Crippen molar-refractivity contribution in [3.05, 3.63) is 47.7 Å². The number of halogens is 5. The van der Waals surface area contributed by atoms with Gasteiger partial charge in [-0.25, -0.2) is 8.78 Å². The number of aromatic nitrogens is 3. The van der Waals surface area contributed by atoms with Crippen LogP contribution in [-0.2, 0) is 10.9 Å². The quantitative estimate of drug-likeness (QED) is 0.201. The second kappa shape index (κ2) is 11.5. The second-order valence-electron chi connectivity index (χ2n) is 14.2. The molecule has 3 aromatic rings. The summed E-state index contributed by atoms with van der Waals surface area (Å²) in [5, 5.41) is 4.07. The van der Waals surface area contributed by atoms with Crippen LogP contribution in [0.15, 0.2) is 30.5 Å². The third-order valence-corrected chi connectivity index (χ3v) is 11.2. The Labute approximate surface area is 274 Å². The Morgan fingerprint density at radius 2 is 1.92 bits per heavy atom. The molecule has 7 heterocycles. The number of alkyl halides is 3. The molecule has 2 bridgehead atoms. The molecule has 8 rings (SSSR count). The van der Waals surface area contributed by atoms with E-state index < -0.39 is 40.3 Å². The van der Waals surface area contributed by atoms with Crippen LogP contribution in [0.4, 0.5) is 33.5 Å². The van der Waals surface area contributed by atoms with Gasteiger partial charge in [0.05, 0.1) is 27.7 Å². The van der Waals surface area contributed by atoms with Crippen molar-refractivity contribution >= 4 is 22.4 Å². The number of fused-ring (bicyclic) bond motifs is 4. The summed E-state index contributed by atoms with van der Waals surface area (Å²) in [5.74, 6) is -1.85. The molecular weight excluding hydrogens is 633 g/mol. The number of hydrogen-bond acceptors (Lipinski definition) is 9. The lowest BCUT2D eigenvalue weighted by atomic mass is 9.77. The van der Waals surface area contributed by atoms with Crippen LogP contribution in [0.5, 0.6) is 6.01 Å². The summed E-state index contributed by atoms with van der Waals surface area (Å²) in [7, 11) is 0. The van der Waals surface area contributed by atoms with E-state index in [-0.39, 0.29) is 40.6 Å². The van der Waals surface area contributed by atoms with Gasteiger partial charge in [0.25, 0.3) is 0 Å². The van der Waals surface area contributed by atoms with Crippen molar-refractivity contribution in [2.24, 2.45) is 5.92 Å². The largest absolute Gasteiger partial charge is 0.461 e. The standard InChI is InChI=1S/C34H38F5N7O2/c1-19-13-32(8-2-10-46(32)15-19)18-48-31-42-28-22(14-41-29(27(28)36)25-23(34(37,38)39)3-4-24(40)26(25)35)30(43-31)45-16-21-5-9-33(17-45,44-21)20-6-11-47-12-7-20/h3-4,14,20-21,44H,1-2,5-13,15-18,40H2/t21-,32-,33+/m0/s1. The average molecular weight is 672 g/mol. The van der Waals surface area contributed by atoms with Gasteiger partial charge in [0.2, 0.25) is 0 Å². The molecule has 3 atom stereocenters. The van der Waals surface area contributed by atoms with E-state index in [9.17, 15) is 13.2 Å². The maximum Gasteiger partial charge on any atom is 0.417 e. The zero-order valence-electron chi connectivity index (χ0n) is 26.5.